The van der Waals surface area contributed by atoms with Crippen molar-refractivity contribution in [3.8, 4) is 6.07 Å². The van der Waals surface area contributed by atoms with Gasteiger partial charge in [-0.3, -0.25) is 20.0 Å². The normalized spacial score (nSPS) is 15.9. The lowest BCUT2D eigenvalue weighted by molar-refractivity contribution is -0.117. The fraction of sp³-hybridized carbons (Fsp3) is 0.389. The van der Waals surface area contributed by atoms with Crippen molar-refractivity contribution in [1.29, 1.82) is 5.26 Å². The van der Waals surface area contributed by atoms with Crippen LogP contribution in [0.2, 0.25) is 0 Å². The molecule has 148 valence electrons. The average molecular weight is 403 g/mol. The molecule has 1 aliphatic heterocycles. The van der Waals surface area contributed by atoms with Crippen LogP contribution in [0.4, 0.5) is 5.88 Å². The standard InChI is InChI=1S/C18H21N5O4S/c1-13-14(2)27-18(16(13)10-19)21-17(24)12-22-6-8-23(9-7-22)28(25,26)15-4-3-5-20-11-15/h3-5,11H,6-9,12H2,1-2H3,(H,21,24). The molecule has 0 bridgehead atoms. The first kappa shape index (κ1) is 20.0. The summed E-state index contributed by atoms with van der Waals surface area (Å²) in [6.45, 7) is 5.00. The molecule has 0 aliphatic carbocycles. The molecule has 9 nitrogen and oxygen atoms in total. The van der Waals surface area contributed by atoms with Crippen LogP contribution in [0.1, 0.15) is 16.9 Å². The van der Waals surface area contributed by atoms with E-state index in [0.717, 1.165) is 0 Å². The largest absolute Gasteiger partial charge is 0.444 e. The molecule has 0 saturated carbocycles. The molecule has 0 radical (unpaired) electrons. The van der Waals surface area contributed by atoms with Crippen molar-refractivity contribution < 1.29 is 17.6 Å². The Kier molecular flexibility index (Phi) is 5.79. The molecule has 0 atom stereocenters. The summed E-state index contributed by atoms with van der Waals surface area (Å²) in [4.78, 5) is 18.2. The lowest BCUT2D eigenvalue weighted by Crippen LogP contribution is -2.50. The van der Waals surface area contributed by atoms with Gasteiger partial charge in [-0.2, -0.15) is 9.57 Å². The third-order valence-corrected chi connectivity index (χ3v) is 6.60. The number of pyridine rings is 1. The van der Waals surface area contributed by atoms with Crippen LogP contribution in [0.25, 0.3) is 0 Å². The number of nitriles is 1. The van der Waals surface area contributed by atoms with E-state index in [4.69, 9.17) is 4.42 Å². The van der Waals surface area contributed by atoms with E-state index in [1.54, 1.807) is 19.9 Å². The summed E-state index contributed by atoms with van der Waals surface area (Å²) in [5.41, 5.74) is 1.02. The van der Waals surface area contributed by atoms with Gasteiger partial charge in [-0.1, -0.05) is 0 Å². The van der Waals surface area contributed by atoms with Crippen LogP contribution in [-0.2, 0) is 14.8 Å². The molecular formula is C18H21N5O4S. The topological polar surface area (TPSA) is 120 Å². The third-order valence-electron chi connectivity index (χ3n) is 4.72. The molecule has 0 unspecified atom stereocenters. The number of aromatic nitrogens is 1. The van der Waals surface area contributed by atoms with Crippen LogP contribution < -0.4 is 5.32 Å². The Hall–Kier alpha value is -2.74. The van der Waals surface area contributed by atoms with Gasteiger partial charge in [0.2, 0.25) is 21.8 Å². The average Bonchev–Trinajstić information content (AvgIpc) is 2.95. The summed E-state index contributed by atoms with van der Waals surface area (Å²) in [5, 5.41) is 11.8. The maximum atomic E-state index is 12.6. The Morgan fingerprint density at radius 1 is 1.32 bits per heavy atom. The smallest absolute Gasteiger partial charge is 0.244 e. The van der Waals surface area contributed by atoms with Crippen LogP contribution in [0.5, 0.6) is 0 Å². The second-order valence-corrected chi connectivity index (χ2v) is 8.45. The molecule has 0 spiro atoms. The number of furan rings is 1. The SMILES string of the molecule is Cc1oc(NC(=O)CN2CCN(S(=O)(=O)c3cccnc3)CC2)c(C#N)c1C. The lowest BCUT2D eigenvalue weighted by atomic mass is 10.2. The number of hydrogen-bond acceptors (Lipinski definition) is 7. The first-order valence-corrected chi connectivity index (χ1v) is 10.2. The van der Waals surface area contributed by atoms with Gasteiger partial charge in [0, 0.05) is 44.1 Å². The van der Waals surface area contributed by atoms with Gasteiger partial charge in [0.15, 0.2) is 0 Å². The van der Waals surface area contributed by atoms with Gasteiger partial charge in [-0.15, -0.1) is 0 Å². The molecule has 2 aromatic rings. The number of hydrogen-bond donors (Lipinski definition) is 1. The van der Waals surface area contributed by atoms with E-state index in [0.29, 0.717) is 30.0 Å². The van der Waals surface area contributed by atoms with E-state index >= 15 is 0 Å². The highest BCUT2D eigenvalue weighted by molar-refractivity contribution is 7.89. The van der Waals surface area contributed by atoms with Crippen molar-refractivity contribution in [3.63, 3.8) is 0 Å². The van der Waals surface area contributed by atoms with E-state index in [9.17, 15) is 18.5 Å². The van der Waals surface area contributed by atoms with E-state index in [1.807, 2.05) is 11.0 Å². The predicted molar refractivity (Wildman–Crippen MR) is 101 cm³/mol. The molecule has 3 heterocycles. The van der Waals surface area contributed by atoms with E-state index in [1.165, 1.54) is 22.8 Å². The molecule has 1 amide bonds. The number of nitrogens with zero attached hydrogens (tertiary/aromatic N) is 4. The summed E-state index contributed by atoms with van der Waals surface area (Å²) >= 11 is 0. The Bertz CT molecular complexity index is 1000. The minimum atomic E-state index is -3.58. The zero-order valence-electron chi connectivity index (χ0n) is 15.7. The minimum absolute atomic E-state index is 0.0877. The van der Waals surface area contributed by atoms with Crippen LogP contribution in [-0.4, -0.2) is 61.2 Å². The van der Waals surface area contributed by atoms with Crippen molar-refractivity contribution in [1.82, 2.24) is 14.2 Å². The number of anilines is 1. The fourth-order valence-electron chi connectivity index (χ4n) is 3.00. The Morgan fingerprint density at radius 2 is 2.04 bits per heavy atom. The maximum absolute atomic E-state index is 12.6. The quantitative estimate of drug-likeness (QED) is 0.794. The summed E-state index contributed by atoms with van der Waals surface area (Å²) < 4.78 is 32.0. The fourth-order valence-corrected chi connectivity index (χ4v) is 4.38. The highest BCUT2D eigenvalue weighted by atomic mass is 32.2. The number of sulfonamides is 1. The Labute approximate surface area is 163 Å². The lowest BCUT2D eigenvalue weighted by Gasteiger charge is -2.33. The second-order valence-electron chi connectivity index (χ2n) is 6.52. The summed E-state index contributed by atoms with van der Waals surface area (Å²) in [7, 11) is -3.58. The molecule has 1 fully saturated rings. The second kappa shape index (κ2) is 8.10. The van der Waals surface area contributed by atoms with Crippen LogP contribution in [0.3, 0.4) is 0 Å². The zero-order valence-corrected chi connectivity index (χ0v) is 16.5. The van der Waals surface area contributed by atoms with Crippen LogP contribution >= 0.6 is 0 Å². The van der Waals surface area contributed by atoms with Crippen molar-refractivity contribution in [2.24, 2.45) is 0 Å². The van der Waals surface area contributed by atoms with Gasteiger partial charge in [-0.05, 0) is 26.0 Å². The highest BCUT2D eigenvalue weighted by Gasteiger charge is 2.29. The highest BCUT2D eigenvalue weighted by Crippen LogP contribution is 2.25. The first-order chi connectivity index (χ1) is 13.3. The summed E-state index contributed by atoms with van der Waals surface area (Å²) in [6, 6.07) is 5.13. The number of amides is 1. The summed E-state index contributed by atoms with van der Waals surface area (Å²) in [5.74, 6) is 0.426. The molecule has 10 heteroatoms. The molecule has 1 saturated heterocycles. The van der Waals surface area contributed by atoms with E-state index in [-0.39, 0.29) is 36.3 Å². The molecule has 3 rings (SSSR count). The Morgan fingerprint density at radius 3 is 2.64 bits per heavy atom. The van der Waals surface area contributed by atoms with Gasteiger partial charge in [0.05, 0.1) is 6.54 Å². The van der Waals surface area contributed by atoms with Crippen LogP contribution in [0, 0.1) is 25.2 Å². The van der Waals surface area contributed by atoms with Crippen molar-refractivity contribution in [3.05, 3.63) is 41.4 Å². The zero-order chi connectivity index (χ0) is 20.3. The van der Waals surface area contributed by atoms with E-state index in [2.05, 4.69) is 10.3 Å². The molecule has 28 heavy (non-hydrogen) atoms. The van der Waals surface area contributed by atoms with Gasteiger partial charge >= 0.3 is 0 Å². The molecule has 1 N–H and O–H groups in total. The first-order valence-electron chi connectivity index (χ1n) is 8.75. The van der Waals surface area contributed by atoms with Gasteiger partial charge in [0.25, 0.3) is 0 Å². The van der Waals surface area contributed by atoms with E-state index < -0.39 is 10.0 Å². The van der Waals surface area contributed by atoms with Gasteiger partial charge < -0.3 is 4.42 Å². The minimum Gasteiger partial charge on any atom is -0.444 e. The Balaban J connectivity index is 1.57. The van der Waals surface area contributed by atoms with Crippen molar-refractivity contribution in [2.45, 2.75) is 18.7 Å². The number of carbonyl (C=O) groups is 1. The molecule has 1 aliphatic rings. The molecular weight excluding hydrogens is 382 g/mol. The number of piperazine rings is 1. The van der Waals surface area contributed by atoms with Crippen molar-refractivity contribution >= 4 is 21.8 Å². The van der Waals surface area contributed by atoms with Gasteiger partial charge in [-0.25, -0.2) is 8.42 Å². The van der Waals surface area contributed by atoms with Gasteiger partial charge in [0.1, 0.15) is 22.3 Å². The monoisotopic (exact) mass is 403 g/mol. The third kappa shape index (κ3) is 4.06. The van der Waals surface area contributed by atoms with Crippen LogP contribution in [0.15, 0.2) is 33.8 Å². The van der Waals surface area contributed by atoms with Crippen molar-refractivity contribution in [2.75, 3.05) is 38.0 Å². The number of nitrogens with one attached hydrogen (secondary N) is 1. The summed E-state index contributed by atoms with van der Waals surface area (Å²) in [6.07, 6.45) is 2.85. The number of carbonyl (C=O) groups excluding carboxylic acids is 1. The maximum Gasteiger partial charge on any atom is 0.244 e. The number of rotatable bonds is 5. The number of aryl methyl sites for hydroxylation is 1. The predicted octanol–water partition coefficient (Wildman–Crippen LogP) is 1.11. The molecule has 0 aromatic carbocycles. The molecule has 2 aromatic heterocycles.